The molecule has 0 aliphatic heterocycles. The fourth-order valence-electron chi connectivity index (χ4n) is 2.64. The van der Waals surface area contributed by atoms with Crippen LogP contribution in [0.5, 0.6) is 0 Å². The number of rotatable bonds is 4. The van der Waals surface area contributed by atoms with Gasteiger partial charge in [-0.3, -0.25) is 14.9 Å². The first kappa shape index (κ1) is 15.8. The van der Waals surface area contributed by atoms with Gasteiger partial charge in [0, 0.05) is 17.2 Å². The molecule has 2 N–H and O–H groups in total. The van der Waals surface area contributed by atoms with Crippen molar-refractivity contribution in [2.75, 3.05) is 10.6 Å². The molecule has 2 aromatic carbocycles. The largest absolute Gasteiger partial charge is 0.326 e. The number of nitrogens with zero attached hydrogens (tertiary/aromatic N) is 1. The molecule has 0 bridgehead atoms. The summed E-state index contributed by atoms with van der Waals surface area (Å²) in [5.74, 6) is -0.0816. The maximum absolute atomic E-state index is 12.5. The second-order valence-electron chi connectivity index (χ2n) is 6.24. The molecule has 1 fully saturated rings. The predicted molar refractivity (Wildman–Crippen MR) is 100 cm³/mol. The van der Waals surface area contributed by atoms with Crippen LogP contribution < -0.4 is 10.6 Å². The molecule has 2 amide bonds. The number of hydrogen-bond acceptors (Lipinski definition) is 4. The Morgan fingerprint density at radius 1 is 1.12 bits per heavy atom. The van der Waals surface area contributed by atoms with Gasteiger partial charge in [0.05, 0.1) is 10.2 Å². The van der Waals surface area contributed by atoms with Gasteiger partial charge in [0.15, 0.2) is 5.13 Å². The van der Waals surface area contributed by atoms with E-state index in [2.05, 4.69) is 15.6 Å². The first-order valence-corrected chi connectivity index (χ1v) is 9.00. The number of aryl methyl sites for hydroxylation is 1. The average Bonchev–Trinajstić information content (AvgIpc) is 3.36. The van der Waals surface area contributed by atoms with Crippen LogP contribution >= 0.6 is 11.3 Å². The maximum Gasteiger partial charge on any atom is 0.257 e. The Hall–Kier alpha value is -2.73. The Kier molecular flexibility index (Phi) is 3.97. The van der Waals surface area contributed by atoms with Crippen molar-refractivity contribution in [3.63, 3.8) is 0 Å². The minimum absolute atomic E-state index is 0.0270. The van der Waals surface area contributed by atoms with E-state index in [1.165, 1.54) is 11.3 Å². The van der Waals surface area contributed by atoms with Gasteiger partial charge in [0.1, 0.15) is 0 Å². The Bertz CT molecular complexity index is 976. The van der Waals surface area contributed by atoms with E-state index in [4.69, 9.17) is 0 Å². The molecule has 1 saturated carbocycles. The number of fused-ring (bicyclic) bond motifs is 1. The molecule has 4 rings (SSSR count). The molecule has 1 aliphatic rings. The van der Waals surface area contributed by atoms with Crippen molar-refractivity contribution < 1.29 is 9.59 Å². The molecule has 1 heterocycles. The minimum Gasteiger partial charge on any atom is -0.326 e. The van der Waals surface area contributed by atoms with Crippen molar-refractivity contribution in [3.8, 4) is 0 Å². The summed E-state index contributed by atoms with van der Waals surface area (Å²) >= 11 is 1.45. The zero-order valence-electron chi connectivity index (χ0n) is 13.7. The zero-order valence-corrected chi connectivity index (χ0v) is 14.5. The van der Waals surface area contributed by atoms with Crippen molar-refractivity contribution >= 4 is 44.2 Å². The molecule has 0 spiro atoms. The number of para-hydroxylation sites is 1. The summed E-state index contributed by atoms with van der Waals surface area (Å²) in [6.07, 6.45) is 1.89. The van der Waals surface area contributed by atoms with E-state index in [0.29, 0.717) is 16.4 Å². The van der Waals surface area contributed by atoms with Crippen molar-refractivity contribution in [3.05, 3.63) is 53.6 Å². The third kappa shape index (κ3) is 3.39. The molecule has 0 radical (unpaired) electrons. The lowest BCUT2D eigenvalue weighted by Crippen LogP contribution is -2.15. The zero-order chi connectivity index (χ0) is 17.4. The van der Waals surface area contributed by atoms with E-state index in [1.54, 1.807) is 24.3 Å². The summed E-state index contributed by atoms with van der Waals surface area (Å²) < 4.78 is 1.04. The summed E-state index contributed by atoms with van der Waals surface area (Å²) in [7, 11) is 0. The van der Waals surface area contributed by atoms with Gasteiger partial charge in [0.25, 0.3) is 5.91 Å². The van der Waals surface area contributed by atoms with Crippen molar-refractivity contribution in [1.82, 2.24) is 4.98 Å². The number of thiazole rings is 1. The van der Waals surface area contributed by atoms with Gasteiger partial charge < -0.3 is 5.32 Å². The molecule has 5 nitrogen and oxygen atoms in total. The van der Waals surface area contributed by atoms with Gasteiger partial charge in [0.2, 0.25) is 5.91 Å². The molecule has 1 aromatic heterocycles. The molecular weight excluding hydrogens is 334 g/mol. The lowest BCUT2D eigenvalue weighted by atomic mass is 10.2. The van der Waals surface area contributed by atoms with Crippen LogP contribution in [0.25, 0.3) is 10.2 Å². The lowest BCUT2D eigenvalue weighted by molar-refractivity contribution is -0.117. The molecular formula is C19H17N3O2S. The summed E-state index contributed by atoms with van der Waals surface area (Å²) in [6, 6.07) is 12.9. The Labute approximate surface area is 149 Å². The van der Waals surface area contributed by atoms with Crippen LogP contribution in [0.15, 0.2) is 42.5 Å². The van der Waals surface area contributed by atoms with Gasteiger partial charge >= 0.3 is 0 Å². The number of anilines is 2. The fraction of sp³-hybridized carbons (Fsp3) is 0.211. The Morgan fingerprint density at radius 2 is 1.92 bits per heavy atom. The van der Waals surface area contributed by atoms with Crippen LogP contribution in [0.1, 0.15) is 28.8 Å². The van der Waals surface area contributed by atoms with Crippen molar-refractivity contribution in [1.29, 1.82) is 0 Å². The average molecular weight is 351 g/mol. The molecule has 25 heavy (non-hydrogen) atoms. The van der Waals surface area contributed by atoms with E-state index in [-0.39, 0.29) is 17.7 Å². The smallest absolute Gasteiger partial charge is 0.257 e. The van der Waals surface area contributed by atoms with Crippen LogP contribution in [-0.4, -0.2) is 16.8 Å². The van der Waals surface area contributed by atoms with E-state index in [0.717, 1.165) is 28.6 Å². The number of carbonyl (C=O) groups excluding carboxylic acids is 2. The molecule has 0 atom stereocenters. The monoisotopic (exact) mass is 351 g/mol. The second kappa shape index (κ2) is 6.29. The summed E-state index contributed by atoms with van der Waals surface area (Å²) in [6.45, 7) is 2.00. The number of amides is 2. The maximum atomic E-state index is 12.5. The molecule has 6 heteroatoms. The second-order valence-corrected chi connectivity index (χ2v) is 7.27. The van der Waals surface area contributed by atoms with Gasteiger partial charge in [-0.1, -0.05) is 29.5 Å². The van der Waals surface area contributed by atoms with Crippen molar-refractivity contribution in [2.24, 2.45) is 5.92 Å². The van der Waals surface area contributed by atoms with Crippen LogP contribution in [0.2, 0.25) is 0 Å². The number of hydrogen-bond donors (Lipinski definition) is 2. The van der Waals surface area contributed by atoms with Gasteiger partial charge in [-0.15, -0.1) is 0 Å². The minimum atomic E-state index is -0.237. The van der Waals surface area contributed by atoms with E-state index < -0.39 is 0 Å². The standard InChI is InChI=1S/C19H17N3O2S/c1-11-4-2-7-15-16(11)21-19(25-15)22-18(24)13-5-3-6-14(10-13)20-17(23)12-8-9-12/h2-7,10,12H,8-9H2,1H3,(H,20,23)(H,21,22,24). The molecule has 0 unspecified atom stereocenters. The topological polar surface area (TPSA) is 71.1 Å². The number of benzene rings is 2. The summed E-state index contributed by atoms with van der Waals surface area (Å²) in [5, 5.41) is 6.28. The quantitative estimate of drug-likeness (QED) is 0.740. The molecule has 126 valence electrons. The number of nitrogens with one attached hydrogen (secondary N) is 2. The highest BCUT2D eigenvalue weighted by Crippen LogP contribution is 2.30. The highest BCUT2D eigenvalue weighted by Gasteiger charge is 2.29. The van der Waals surface area contributed by atoms with Crippen molar-refractivity contribution in [2.45, 2.75) is 19.8 Å². The van der Waals surface area contributed by atoms with Gasteiger partial charge in [-0.05, 0) is 49.6 Å². The van der Waals surface area contributed by atoms with E-state index in [9.17, 15) is 9.59 Å². The van der Waals surface area contributed by atoms with Crippen LogP contribution in [0.4, 0.5) is 10.8 Å². The van der Waals surface area contributed by atoms with E-state index in [1.807, 2.05) is 25.1 Å². The fourth-order valence-corrected chi connectivity index (χ4v) is 3.58. The SMILES string of the molecule is Cc1cccc2sc(NC(=O)c3cccc(NC(=O)C4CC4)c3)nc12. The van der Waals surface area contributed by atoms with Crippen LogP contribution in [0, 0.1) is 12.8 Å². The summed E-state index contributed by atoms with van der Waals surface area (Å²) in [5.41, 5.74) is 3.13. The van der Waals surface area contributed by atoms with Gasteiger partial charge in [-0.2, -0.15) is 0 Å². The first-order valence-electron chi connectivity index (χ1n) is 8.18. The normalized spacial score (nSPS) is 13.6. The third-order valence-electron chi connectivity index (χ3n) is 4.18. The van der Waals surface area contributed by atoms with Crippen LogP contribution in [-0.2, 0) is 4.79 Å². The third-order valence-corrected chi connectivity index (χ3v) is 5.12. The number of carbonyl (C=O) groups is 2. The first-order chi connectivity index (χ1) is 12.1. The molecule has 3 aromatic rings. The van der Waals surface area contributed by atoms with E-state index >= 15 is 0 Å². The van der Waals surface area contributed by atoms with Gasteiger partial charge in [-0.25, -0.2) is 4.98 Å². The lowest BCUT2D eigenvalue weighted by Gasteiger charge is -2.06. The highest BCUT2D eigenvalue weighted by atomic mass is 32.1. The molecule has 1 aliphatic carbocycles. The predicted octanol–water partition coefficient (Wildman–Crippen LogP) is 4.21. The highest BCUT2D eigenvalue weighted by molar-refractivity contribution is 7.22. The Morgan fingerprint density at radius 3 is 2.68 bits per heavy atom. The number of aromatic nitrogens is 1. The molecule has 0 saturated heterocycles. The van der Waals surface area contributed by atoms with Crippen LogP contribution in [0.3, 0.4) is 0 Å². The Balaban J connectivity index is 1.51. The summed E-state index contributed by atoms with van der Waals surface area (Å²) in [4.78, 5) is 28.9.